The number of nitrogens with one attached hydrogen (secondary N) is 1. The van der Waals surface area contributed by atoms with Crippen molar-refractivity contribution in [1.29, 1.82) is 5.26 Å². The molecule has 4 rings (SSSR count). The molecule has 1 atom stereocenters. The van der Waals surface area contributed by atoms with Crippen molar-refractivity contribution in [3.63, 3.8) is 0 Å². The molecule has 0 radical (unpaired) electrons. The molecule has 166 valence electrons. The van der Waals surface area contributed by atoms with E-state index in [1.54, 1.807) is 24.1 Å². The maximum atomic E-state index is 12.8. The third-order valence-electron chi connectivity index (χ3n) is 6.03. The second-order valence-corrected chi connectivity index (χ2v) is 8.20. The highest BCUT2D eigenvalue weighted by molar-refractivity contribution is 6.00. The van der Waals surface area contributed by atoms with Crippen LogP contribution in [0.5, 0.6) is 11.6 Å². The number of nitrogens with zero attached hydrogens (tertiary/aromatic N) is 3. The normalized spacial score (nSPS) is 22.8. The molecule has 2 heterocycles. The molecule has 1 aromatic heterocycles. The third-order valence-corrected chi connectivity index (χ3v) is 6.03. The Morgan fingerprint density at radius 3 is 2.72 bits per heavy atom. The first-order valence-electron chi connectivity index (χ1n) is 10.8. The summed E-state index contributed by atoms with van der Waals surface area (Å²) in [5.74, 6) is 0.717. The fraction of sp³-hybridized carbons (Fsp3) is 0.417. The average molecular weight is 434 g/mol. The predicted molar refractivity (Wildman–Crippen MR) is 117 cm³/mol. The molecule has 1 N–H and O–H groups in total. The van der Waals surface area contributed by atoms with Gasteiger partial charge in [-0.05, 0) is 43.9 Å². The minimum atomic E-state index is -0.356. The number of carbonyl (C=O) groups excluding carboxylic acids is 2. The van der Waals surface area contributed by atoms with Crippen molar-refractivity contribution in [3.8, 4) is 17.7 Å². The zero-order chi connectivity index (χ0) is 22.5. The van der Waals surface area contributed by atoms with E-state index >= 15 is 0 Å². The van der Waals surface area contributed by atoms with E-state index in [1.165, 1.54) is 6.20 Å². The predicted octanol–water partition coefficient (Wildman–Crippen LogP) is 2.82. The molecule has 8 heteroatoms. The molecule has 1 saturated carbocycles. The molecule has 1 saturated heterocycles. The van der Waals surface area contributed by atoms with E-state index in [0.29, 0.717) is 23.7 Å². The van der Waals surface area contributed by atoms with Crippen molar-refractivity contribution < 1.29 is 19.1 Å². The highest BCUT2D eigenvalue weighted by atomic mass is 16.5. The topological polar surface area (TPSA) is 105 Å². The summed E-state index contributed by atoms with van der Waals surface area (Å²) < 4.78 is 11.1. The number of hydrogen-bond donors (Lipinski definition) is 1. The summed E-state index contributed by atoms with van der Waals surface area (Å²) >= 11 is 0. The van der Waals surface area contributed by atoms with Crippen LogP contribution < -0.4 is 19.7 Å². The van der Waals surface area contributed by atoms with E-state index in [0.717, 1.165) is 31.4 Å². The van der Waals surface area contributed by atoms with E-state index in [4.69, 9.17) is 14.7 Å². The molecule has 0 bridgehead atoms. The number of pyridine rings is 1. The number of rotatable bonds is 6. The van der Waals surface area contributed by atoms with E-state index in [-0.39, 0.29) is 36.3 Å². The van der Waals surface area contributed by atoms with E-state index in [1.807, 2.05) is 30.3 Å². The Kier molecular flexibility index (Phi) is 6.55. The molecule has 8 nitrogen and oxygen atoms in total. The molecule has 1 aliphatic carbocycles. The number of ether oxygens (including phenoxy) is 2. The monoisotopic (exact) mass is 434 g/mol. The maximum Gasteiger partial charge on any atom is 0.227 e. The van der Waals surface area contributed by atoms with Crippen LogP contribution in [-0.2, 0) is 9.59 Å². The maximum absolute atomic E-state index is 12.8. The first-order valence-corrected chi connectivity index (χ1v) is 10.8. The number of benzene rings is 1. The van der Waals surface area contributed by atoms with E-state index < -0.39 is 0 Å². The minimum absolute atomic E-state index is 0.0419. The highest BCUT2D eigenvalue weighted by Crippen LogP contribution is 2.29. The van der Waals surface area contributed by atoms with Crippen molar-refractivity contribution in [2.24, 2.45) is 5.92 Å². The SMILES string of the molecule is COc1cccc(N2CC(C(=O)NC3CCC(Oc4ccc(C#N)cn4)CC3)CC2=O)c1. The Labute approximate surface area is 187 Å². The molecule has 1 aromatic carbocycles. The van der Waals surface area contributed by atoms with Crippen molar-refractivity contribution in [3.05, 3.63) is 48.2 Å². The van der Waals surface area contributed by atoms with Crippen molar-refractivity contribution in [2.75, 3.05) is 18.6 Å². The van der Waals surface area contributed by atoms with Gasteiger partial charge in [0.25, 0.3) is 0 Å². The number of aromatic nitrogens is 1. The first kappa shape index (κ1) is 21.6. The van der Waals surface area contributed by atoms with Crippen LogP contribution in [0.2, 0.25) is 0 Å². The Morgan fingerprint density at radius 2 is 2.03 bits per heavy atom. The molecule has 0 spiro atoms. The third kappa shape index (κ3) is 4.99. The van der Waals surface area contributed by atoms with Crippen LogP contribution in [0.3, 0.4) is 0 Å². The average Bonchev–Trinajstić information content (AvgIpc) is 3.22. The highest BCUT2D eigenvalue weighted by Gasteiger charge is 2.36. The molecular formula is C24H26N4O4. The van der Waals surface area contributed by atoms with Crippen molar-refractivity contribution in [2.45, 2.75) is 44.2 Å². The van der Waals surface area contributed by atoms with Crippen molar-refractivity contribution in [1.82, 2.24) is 10.3 Å². The zero-order valence-corrected chi connectivity index (χ0v) is 18.0. The molecule has 32 heavy (non-hydrogen) atoms. The summed E-state index contributed by atoms with van der Waals surface area (Å²) in [4.78, 5) is 31.1. The Morgan fingerprint density at radius 1 is 1.22 bits per heavy atom. The van der Waals surface area contributed by atoms with Gasteiger partial charge in [0.1, 0.15) is 17.9 Å². The summed E-state index contributed by atoms with van der Waals surface area (Å²) in [5, 5.41) is 12.0. The van der Waals surface area contributed by atoms with Gasteiger partial charge in [0.15, 0.2) is 0 Å². The summed E-state index contributed by atoms with van der Waals surface area (Å²) in [6, 6.07) is 12.8. The molecule has 1 aliphatic heterocycles. The van der Waals surface area contributed by atoms with Gasteiger partial charge in [0.05, 0.1) is 18.6 Å². The first-order chi connectivity index (χ1) is 15.6. The van der Waals surface area contributed by atoms with Crippen LogP contribution >= 0.6 is 0 Å². The molecule has 2 aliphatic rings. The van der Waals surface area contributed by atoms with Crippen LogP contribution in [0.4, 0.5) is 5.69 Å². The standard InChI is InChI=1S/C24H26N4O4/c1-31-21-4-2-3-19(12-21)28-15-17(11-23(28)29)24(30)27-18-6-8-20(9-7-18)32-22-10-5-16(13-25)14-26-22/h2-5,10,12,14,17-18,20H,6-9,11,15H2,1H3,(H,27,30). The molecule has 1 unspecified atom stereocenters. The number of hydrogen-bond acceptors (Lipinski definition) is 6. The summed E-state index contributed by atoms with van der Waals surface area (Å²) in [6.45, 7) is 0.376. The smallest absolute Gasteiger partial charge is 0.227 e. The van der Waals surface area contributed by atoms with Gasteiger partial charge in [-0.2, -0.15) is 5.26 Å². The fourth-order valence-corrected chi connectivity index (χ4v) is 4.24. The molecule has 2 aromatic rings. The van der Waals surface area contributed by atoms with E-state index in [2.05, 4.69) is 10.3 Å². The van der Waals surface area contributed by atoms with Gasteiger partial charge in [-0.25, -0.2) is 4.98 Å². The quantitative estimate of drug-likeness (QED) is 0.750. The Balaban J connectivity index is 1.26. The lowest BCUT2D eigenvalue weighted by Crippen LogP contribution is -2.43. The lowest BCUT2D eigenvalue weighted by molar-refractivity contribution is -0.127. The van der Waals surface area contributed by atoms with Crippen LogP contribution in [0.1, 0.15) is 37.7 Å². The van der Waals surface area contributed by atoms with Gasteiger partial charge in [0, 0.05) is 43.0 Å². The van der Waals surface area contributed by atoms with Crippen molar-refractivity contribution >= 4 is 17.5 Å². The molecule has 2 fully saturated rings. The Bertz CT molecular complexity index is 1010. The van der Waals surface area contributed by atoms with Gasteiger partial charge in [-0.15, -0.1) is 0 Å². The number of anilines is 1. The number of carbonyl (C=O) groups is 2. The molecular weight excluding hydrogens is 408 g/mol. The van der Waals surface area contributed by atoms with Crippen LogP contribution in [-0.4, -0.2) is 42.6 Å². The van der Waals surface area contributed by atoms with Crippen LogP contribution in [0.25, 0.3) is 0 Å². The fourth-order valence-electron chi connectivity index (χ4n) is 4.24. The minimum Gasteiger partial charge on any atom is -0.497 e. The van der Waals surface area contributed by atoms with Gasteiger partial charge < -0.3 is 19.7 Å². The second kappa shape index (κ2) is 9.69. The molecule has 2 amide bonds. The van der Waals surface area contributed by atoms with Gasteiger partial charge in [-0.1, -0.05) is 6.07 Å². The summed E-state index contributed by atoms with van der Waals surface area (Å²) in [7, 11) is 1.59. The van der Waals surface area contributed by atoms with Gasteiger partial charge >= 0.3 is 0 Å². The largest absolute Gasteiger partial charge is 0.497 e. The Hall–Kier alpha value is -3.60. The number of methoxy groups -OCH3 is 1. The summed E-state index contributed by atoms with van der Waals surface area (Å²) in [6.07, 6.45) is 5.00. The lowest BCUT2D eigenvalue weighted by atomic mass is 9.92. The van der Waals surface area contributed by atoms with Gasteiger partial charge in [0.2, 0.25) is 17.7 Å². The lowest BCUT2D eigenvalue weighted by Gasteiger charge is -2.29. The number of amides is 2. The van der Waals surface area contributed by atoms with Crippen LogP contribution in [0.15, 0.2) is 42.6 Å². The van der Waals surface area contributed by atoms with Gasteiger partial charge in [-0.3, -0.25) is 9.59 Å². The second-order valence-electron chi connectivity index (χ2n) is 8.20. The number of nitriles is 1. The van der Waals surface area contributed by atoms with Crippen LogP contribution in [0, 0.1) is 17.2 Å². The summed E-state index contributed by atoms with van der Waals surface area (Å²) in [5.41, 5.74) is 1.25. The van der Waals surface area contributed by atoms with E-state index in [9.17, 15) is 9.59 Å². The zero-order valence-electron chi connectivity index (χ0n) is 18.0.